The molecule has 4 nitrogen and oxygen atoms in total. The van der Waals surface area contributed by atoms with Crippen LogP contribution in [0.5, 0.6) is 0 Å². The number of anilines is 2. The number of para-hydroxylation sites is 1. The molecule has 1 atom stereocenters. The number of aryl methyl sites for hydroxylation is 1. The van der Waals surface area contributed by atoms with Crippen LogP contribution in [-0.2, 0) is 9.59 Å². The van der Waals surface area contributed by atoms with Gasteiger partial charge in [0.25, 0.3) is 11.8 Å². The minimum absolute atomic E-state index is 0.289. The fraction of sp³-hybridized carbons (Fsp3) is 0.0833. The number of nitrogens with zero attached hydrogens (tertiary/aromatic N) is 1. The summed E-state index contributed by atoms with van der Waals surface area (Å²) in [6, 6.07) is 22.1. The van der Waals surface area contributed by atoms with E-state index < -0.39 is 6.04 Å². The van der Waals surface area contributed by atoms with Crippen molar-refractivity contribution in [1.82, 2.24) is 0 Å². The van der Waals surface area contributed by atoms with Gasteiger partial charge in [-0.3, -0.25) is 9.59 Å². The fourth-order valence-corrected chi connectivity index (χ4v) is 5.02. The number of carbonyl (C=O) groups is 2. The number of nitrogens with one attached hydrogen (secondary N) is 1. The molecule has 0 aliphatic carbocycles. The van der Waals surface area contributed by atoms with Crippen LogP contribution < -0.4 is 10.2 Å². The Labute approximate surface area is 183 Å². The second-order valence-electron chi connectivity index (χ2n) is 7.25. The summed E-state index contributed by atoms with van der Waals surface area (Å²) in [5, 5.41) is 4.10. The predicted octanol–water partition coefficient (Wildman–Crippen LogP) is 5.73. The molecule has 30 heavy (non-hydrogen) atoms. The second kappa shape index (κ2) is 7.35. The lowest BCUT2D eigenvalue weighted by Gasteiger charge is -2.22. The van der Waals surface area contributed by atoms with Gasteiger partial charge in [-0.25, -0.2) is 4.90 Å². The molecule has 0 radical (unpaired) electrons. The van der Waals surface area contributed by atoms with Gasteiger partial charge in [-0.05, 0) is 54.4 Å². The number of benzene rings is 3. The quantitative estimate of drug-likeness (QED) is 0.525. The summed E-state index contributed by atoms with van der Waals surface area (Å²) in [4.78, 5) is 29.7. The minimum atomic E-state index is -0.459. The Morgan fingerprint density at radius 1 is 0.933 bits per heavy atom. The molecule has 0 bridgehead atoms. The van der Waals surface area contributed by atoms with Crippen molar-refractivity contribution in [3.63, 3.8) is 0 Å². The summed E-state index contributed by atoms with van der Waals surface area (Å²) in [5.41, 5.74) is 3.79. The zero-order chi connectivity index (χ0) is 20.8. The van der Waals surface area contributed by atoms with Crippen molar-refractivity contribution in [3.05, 3.63) is 99.4 Å². The third kappa shape index (κ3) is 3.11. The molecule has 1 N–H and O–H groups in total. The monoisotopic (exact) mass is 432 g/mol. The third-order valence-electron chi connectivity index (χ3n) is 5.23. The normalized spacial score (nSPS) is 18.1. The first kappa shape index (κ1) is 19.0. The van der Waals surface area contributed by atoms with E-state index in [-0.39, 0.29) is 11.8 Å². The highest BCUT2D eigenvalue weighted by Crippen LogP contribution is 2.48. The smallest absolute Gasteiger partial charge is 0.272 e. The number of imide groups is 1. The lowest BCUT2D eigenvalue weighted by molar-refractivity contribution is -0.120. The molecule has 2 aliphatic rings. The first-order valence-electron chi connectivity index (χ1n) is 9.51. The van der Waals surface area contributed by atoms with Gasteiger partial charge < -0.3 is 5.32 Å². The zero-order valence-electron chi connectivity index (χ0n) is 16.1. The molecule has 0 spiro atoms. The summed E-state index contributed by atoms with van der Waals surface area (Å²) in [6.07, 6.45) is 0. The SMILES string of the molecule is Cc1cccc(N2C(=O)C3=C(C2=O)[C@@H](c2ccc(Cl)cc2)Nc2ccccc2S3)c1. The van der Waals surface area contributed by atoms with Gasteiger partial charge in [0.2, 0.25) is 0 Å². The first-order valence-corrected chi connectivity index (χ1v) is 10.7. The molecular formula is C24H17ClN2O2S. The molecule has 3 aromatic carbocycles. The van der Waals surface area contributed by atoms with E-state index in [9.17, 15) is 9.59 Å². The number of thioether (sulfide) groups is 1. The molecule has 2 heterocycles. The van der Waals surface area contributed by atoms with E-state index in [4.69, 9.17) is 11.6 Å². The minimum Gasteiger partial charge on any atom is -0.373 e. The average Bonchev–Trinajstić information content (AvgIpc) is 2.88. The molecule has 3 aromatic rings. The van der Waals surface area contributed by atoms with Gasteiger partial charge in [0, 0.05) is 15.6 Å². The van der Waals surface area contributed by atoms with Crippen LogP contribution in [0.3, 0.4) is 0 Å². The molecule has 0 aromatic heterocycles. The largest absolute Gasteiger partial charge is 0.373 e. The number of carbonyl (C=O) groups excluding carboxylic acids is 2. The Morgan fingerprint density at radius 2 is 1.70 bits per heavy atom. The van der Waals surface area contributed by atoms with E-state index in [1.54, 1.807) is 18.2 Å². The maximum atomic E-state index is 13.6. The van der Waals surface area contributed by atoms with E-state index in [1.165, 1.54) is 16.7 Å². The van der Waals surface area contributed by atoms with Crippen LogP contribution in [0.15, 0.2) is 88.2 Å². The van der Waals surface area contributed by atoms with Crippen LogP contribution in [0, 0.1) is 6.92 Å². The van der Waals surface area contributed by atoms with Gasteiger partial charge in [0.15, 0.2) is 0 Å². The fourth-order valence-electron chi connectivity index (χ4n) is 3.80. The molecule has 6 heteroatoms. The van der Waals surface area contributed by atoms with Gasteiger partial charge in [0.1, 0.15) is 0 Å². The van der Waals surface area contributed by atoms with E-state index in [1.807, 2.05) is 61.5 Å². The number of halogens is 1. The molecule has 148 valence electrons. The number of amides is 2. The van der Waals surface area contributed by atoms with Crippen molar-refractivity contribution < 1.29 is 9.59 Å². The van der Waals surface area contributed by atoms with Gasteiger partial charge in [-0.15, -0.1) is 0 Å². The lowest BCUT2D eigenvalue weighted by Crippen LogP contribution is -2.33. The zero-order valence-corrected chi connectivity index (χ0v) is 17.6. The second-order valence-corrected chi connectivity index (χ2v) is 8.74. The van der Waals surface area contributed by atoms with Crippen LogP contribution >= 0.6 is 23.4 Å². The number of rotatable bonds is 2. The van der Waals surface area contributed by atoms with Gasteiger partial charge in [-0.2, -0.15) is 0 Å². The maximum absolute atomic E-state index is 13.6. The van der Waals surface area contributed by atoms with E-state index in [0.717, 1.165) is 21.7 Å². The highest BCUT2D eigenvalue weighted by Gasteiger charge is 2.45. The van der Waals surface area contributed by atoms with Crippen LogP contribution in [0.4, 0.5) is 11.4 Å². The number of hydrogen-bond acceptors (Lipinski definition) is 4. The Bertz CT molecular complexity index is 1220. The summed E-state index contributed by atoms with van der Waals surface area (Å²) in [5.74, 6) is -0.587. The van der Waals surface area contributed by atoms with Crippen molar-refractivity contribution in [3.8, 4) is 0 Å². The lowest BCUT2D eigenvalue weighted by atomic mass is 9.98. The molecule has 5 rings (SSSR count). The van der Waals surface area contributed by atoms with E-state index in [0.29, 0.717) is 21.2 Å². The molecule has 0 saturated carbocycles. The number of hydrogen-bond donors (Lipinski definition) is 1. The predicted molar refractivity (Wildman–Crippen MR) is 121 cm³/mol. The van der Waals surface area contributed by atoms with Crippen LogP contribution in [0.25, 0.3) is 0 Å². The van der Waals surface area contributed by atoms with E-state index in [2.05, 4.69) is 5.32 Å². The number of fused-ring (bicyclic) bond motifs is 1. The van der Waals surface area contributed by atoms with Crippen molar-refractivity contribution in [2.24, 2.45) is 0 Å². The molecule has 0 unspecified atom stereocenters. The Morgan fingerprint density at radius 3 is 2.47 bits per heavy atom. The molecule has 2 aliphatic heterocycles. The Balaban J connectivity index is 1.66. The van der Waals surface area contributed by atoms with Crippen molar-refractivity contribution in [2.45, 2.75) is 17.9 Å². The molecule has 0 saturated heterocycles. The van der Waals surface area contributed by atoms with Crippen LogP contribution in [-0.4, -0.2) is 11.8 Å². The molecular weight excluding hydrogens is 416 g/mol. The van der Waals surface area contributed by atoms with Gasteiger partial charge in [-0.1, -0.05) is 59.8 Å². The summed E-state index contributed by atoms with van der Waals surface area (Å²) in [6.45, 7) is 1.94. The first-order chi connectivity index (χ1) is 14.5. The Hall–Kier alpha value is -3.02. The van der Waals surface area contributed by atoms with Gasteiger partial charge in [0.05, 0.1) is 22.2 Å². The van der Waals surface area contributed by atoms with E-state index >= 15 is 0 Å². The van der Waals surface area contributed by atoms with Crippen LogP contribution in [0.2, 0.25) is 5.02 Å². The molecule has 2 amide bonds. The van der Waals surface area contributed by atoms with Crippen molar-refractivity contribution in [2.75, 3.05) is 10.2 Å². The highest BCUT2D eigenvalue weighted by molar-refractivity contribution is 8.04. The summed E-state index contributed by atoms with van der Waals surface area (Å²) < 4.78 is 0. The standard InChI is InChI=1S/C24H17ClN2O2S/c1-14-5-4-6-17(13-14)27-23(28)20-21(15-9-11-16(25)12-10-15)26-18-7-2-3-8-19(18)30-22(20)24(27)29/h2-13,21,26H,1H3/t21-/m1/s1. The summed E-state index contributed by atoms with van der Waals surface area (Å²) >= 11 is 7.42. The third-order valence-corrected chi connectivity index (χ3v) is 6.65. The maximum Gasteiger partial charge on any atom is 0.272 e. The highest BCUT2D eigenvalue weighted by atomic mass is 35.5. The van der Waals surface area contributed by atoms with Crippen molar-refractivity contribution >= 4 is 46.6 Å². The average molecular weight is 433 g/mol. The Kier molecular flexibility index (Phi) is 4.65. The topological polar surface area (TPSA) is 49.4 Å². The van der Waals surface area contributed by atoms with Crippen molar-refractivity contribution in [1.29, 1.82) is 0 Å². The summed E-state index contributed by atoms with van der Waals surface area (Å²) in [7, 11) is 0. The van der Waals surface area contributed by atoms with Gasteiger partial charge >= 0.3 is 0 Å². The molecule has 0 fully saturated rings. The van der Waals surface area contributed by atoms with Crippen LogP contribution in [0.1, 0.15) is 17.2 Å².